The second kappa shape index (κ2) is 21.7. The van der Waals surface area contributed by atoms with Crippen LogP contribution in [0.3, 0.4) is 0 Å². The SMILES string of the molecule is COC(=O)N[C@@H](CCSC)C(=O)N1C2CCC(CC2)[C@H]1c1nc2ccc(-c3cc4ccc3CCc3ccc(c(-c5ccc6nc([C@@H]7C8CCC(CC8)N7C(=O)[C@H](CCSC)NC(=O)OC)[nH]c6c5)c3)CC4)cc2[nH]1. The van der Waals surface area contributed by atoms with Gasteiger partial charge >= 0.3 is 12.2 Å². The second-order valence-corrected chi connectivity index (χ2v) is 23.1. The molecule has 2 aromatic heterocycles. The molecule has 6 aliphatic carbocycles. The summed E-state index contributed by atoms with van der Waals surface area (Å²) >= 11 is 3.32. The van der Waals surface area contributed by atoms with E-state index in [1.165, 1.54) is 47.6 Å². The van der Waals surface area contributed by atoms with Gasteiger partial charge in [0.1, 0.15) is 23.7 Å². The number of carbonyl (C=O) groups excluding carboxylic acids is 4. The van der Waals surface area contributed by atoms with Gasteiger partial charge in [-0.05, 0) is 195 Å². The minimum atomic E-state index is -0.661. The van der Waals surface area contributed by atoms with Gasteiger partial charge in [0.25, 0.3) is 0 Å². The molecular formula is C58H68N8O6S2. The van der Waals surface area contributed by atoms with Crippen molar-refractivity contribution in [3.63, 3.8) is 0 Å². The average molecular weight is 1040 g/mol. The highest BCUT2D eigenvalue weighted by Gasteiger charge is 2.49. The molecular weight excluding hydrogens is 969 g/mol. The van der Waals surface area contributed by atoms with Gasteiger partial charge in [0.2, 0.25) is 11.8 Å². The van der Waals surface area contributed by atoms with Crippen LogP contribution in [0.2, 0.25) is 0 Å². The molecule has 6 aromatic rings. The van der Waals surface area contributed by atoms with Crippen LogP contribution in [0, 0.1) is 11.8 Å². The fourth-order valence-electron chi connectivity index (χ4n) is 13.2. The molecule has 6 fully saturated rings. The number of benzene rings is 4. The summed E-state index contributed by atoms with van der Waals surface area (Å²) in [6.45, 7) is 0. The van der Waals surface area contributed by atoms with Crippen LogP contribution < -0.4 is 10.6 Å². The highest BCUT2D eigenvalue weighted by atomic mass is 32.2. The minimum Gasteiger partial charge on any atom is -0.453 e. The Bertz CT molecular complexity index is 2860. The molecule has 74 heavy (non-hydrogen) atoms. The topological polar surface area (TPSA) is 175 Å². The number of imidazole rings is 2. The van der Waals surface area contributed by atoms with Gasteiger partial charge in [0, 0.05) is 12.1 Å². The van der Waals surface area contributed by atoms with Crippen molar-refractivity contribution in [2.45, 2.75) is 126 Å². The van der Waals surface area contributed by atoms with Crippen molar-refractivity contribution >= 4 is 69.6 Å². The molecule has 6 heterocycles. The first-order valence-corrected chi connectivity index (χ1v) is 29.4. The average Bonchev–Trinajstić information content (AvgIpc) is 4.08. The zero-order chi connectivity index (χ0) is 51.0. The number of alkyl carbamates (subject to hydrolysis) is 2. The molecule has 10 aliphatic rings. The number of carbonyl (C=O) groups is 4. The largest absolute Gasteiger partial charge is 0.453 e. The number of H-pyrrole nitrogens is 2. The maximum absolute atomic E-state index is 14.4. The second-order valence-electron chi connectivity index (χ2n) is 21.1. The van der Waals surface area contributed by atoms with E-state index in [4.69, 9.17) is 19.4 Å². The number of nitrogens with one attached hydrogen (secondary N) is 4. The summed E-state index contributed by atoms with van der Waals surface area (Å²) in [5, 5.41) is 5.69. The summed E-state index contributed by atoms with van der Waals surface area (Å²) in [7, 11) is 2.67. The van der Waals surface area contributed by atoms with Crippen molar-refractivity contribution < 1.29 is 28.7 Å². The molecule has 4 N–H and O–H groups in total. The number of rotatable bonds is 14. The predicted molar refractivity (Wildman–Crippen MR) is 293 cm³/mol. The lowest BCUT2D eigenvalue weighted by atomic mass is 9.74. The van der Waals surface area contributed by atoms with Crippen molar-refractivity contribution in [2.75, 3.05) is 38.2 Å². The van der Waals surface area contributed by atoms with Crippen LogP contribution in [0.5, 0.6) is 0 Å². The smallest absolute Gasteiger partial charge is 0.407 e. The Morgan fingerprint density at radius 1 is 0.581 bits per heavy atom. The number of piperidine rings is 4. The van der Waals surface area contributed by atoms with E-state index in [0.29, 0.717) is 24.7 Å². The number of amides is 4. The number of ether oxygens (including phenoxy) is 2. The van der Waals surface area contributed by atoms with Gasteiger partial charge in [-0.1, -0.05) is 48.5 Å². The molecule has 8 bridgehead atoms. The van der Waals surface area contributed by atoms with Gasteiger partial charge in [-0.3, -0.25) is 9.59 Å². The Hall–Kier alpha value is -6.00. The van der Waals surface area contributed by atoms with E-state index < -0.39 is 24.3 Å². The molecule has 0 unspecified atom stereocenters. The van der Waals surface area contributed by atoms with E-state index in [0.717, 1.165) is 133 Å². The van der Waals surface area contributed by atoms with Gasteiger partial charge in [-0.25, -0.2) is 19.6 Å². The van der Waals surface area contributed by atoms with Gasteiger partial charge < -0.3 is 39.9 Å². The lowest BCUT2D eigenvalue weighted by molar-refractivity contribution is -0.148. The summed E-state index contributed by atoms with van der Waals surface area (Å²) in [6, 6.07) is 25.6. The molecule has 16 rings (SSSR count). The molecule has 388 valence electrons. The Labute approximate surface area is 441 Å². The van der Waals surface area contributed by atoms with E-state index in [-0.39, 0.29) is 36.0 Å². The lowest BCUT2D eigenvalue weighted by Crippen LogP contribution is -2.58. The van der Waals surface area contributed by atoms with Crippen LogP contribution in [0.25, 0.3) is 44.3 Å². The maximum Gasteiger partial charge on any atom is 0.407 e. The zero-order valence-electron chi connectivity index (χ0n) is 42.9. The van der Waals surface area contributed by atoms with Crippen molar-refractivity contribution in [3.8, 4) is 22.3 Å². The van der Waals surface area contributed by atoms with E-state index >= 15 is 0 Å². The number of fused-ring (bicyclic) bond motifs is 8. The fourth-order valence-corrected chi connectivity index (χ4v) is 14.1. The van der Waals surface area contributed by atoms with Gasteiger partial charge in [-0.15, -0.1) is 0 Å². The summed E-state index contributed by atoms with van der Waals surface area (Å²) in [4.78, 5) is 75.6. The van der Waals surface area contributed by atoms with Crippen LogP contribution in [-0.2, 0) is 44.7 Å². The Morgan fingerprint density at radius 2 is 1.00 bits per heavy atom. The fraction of sp³-hybridized carbons (Fsp3) is 0.483. The lowest BCUT2D eigenvalue weighted by Gasteiger charge is -2.51. The first-order chi connectivity index (χ1) is 36.1. The molecule has 14 nitrogen and oxygen atoms in total. The first kappa shape index (κ1) is 50.2. The van der Waals surface area contributed by atoms with Crippen molar-refractivity contribution in [1.29, 1.82) is 0 Å². The number of aromatic nitrogens is 4. The van der Waals surface area contributed by atoms with E-state index in [2.05, 4.69) is 93.4 Å². The van der Waals surface area contributed by atoms with Crippen LogP contribution in [0.1, 0.15) is 110 Å². The number of nitrogens with zero attached hydrogens (tertiary/aromatic N) is 4. The standard InChI is InChI=1S/C58H68N8O6S2/c1-71-57(69)63-47(25-27-73-3)55(67)65-41-19-13-37(14-20-41)51(65)53-59-45-23-17-39(31-49(45)61-53)43-29-33-5-9-35(43)11-7-34-6-10-36(12-8-33)44(30-34)40-18-24-46-50(32-40)62-54(60-46)52-38-15-21-42(22-16-38)66(52)56(68)48(26-28-74-4)64-58(70)72-2/h5-6,9-10,17-18,23-24,29-32,37-38,41-42,47-48,51-52H,7-8,11-16,19-22,25-28H2,1-4H3,(H,59,61)(H,60,62)(H,63,69)(H,64,70)/t37?,38?,41?,42?,47-,48-,51-,52-/m0/s1. The molecule has 4 aliphatic heterocycles. The Morgan fingerprint density at radius 3 is 1.39 bits per heavy atom. The quantitative estimate of drug-likeness (QED) is 0.0822. The van der Waals surface area contributed by atoms with Crippen molar-refractivity contribution in [3.05, 3.63) is 107 Å². The van der Waals surface area contributed by atoms with E-state index in [1.807, 2.05) is 22.3 Å². The predicted octanol–water partition coefficient (Wildman–Crippen LogP) is 10.5. The maximum atomic E-state index is 14.4. The highest BCUT2D eigenvalue weighted by molar-refractivity contribution is 7.98. The van der Waals surface area contributed by atoms with Crippen molar-refractivity contribution in [1.82, 2.24) is 40.4 Å². The summed E-state index contributed by atoms with van der Waals surface area (Å²) < 4.78 is 9.88. The molecule has 0 spiro atoms. The molecule has 4 saturated heterocycles. The molecule has 0 radical (unpaired) electrons. The summed E-state index contributed by atoms with van der Waals surface area (Å²) in [6.07, 6.45) is 15.4. The Kier molecular flexibility index (Phi) is 14.7. The molecule has 4 amide bonds. The number of hydrogen-bond acceptors (Lipinski definition) is 10. The molecule has 2 saturated carbocycles. The summed E-state index contributed by atoms with van der Waals surface area (Å²) in [5.41, 5.74) is 13.6. The number of aryl methyl sites for hydroxylation is 4. The van der Waals surface area contributed by atoms with Crippen LogP contribution in [0.4, 0.5) is 9.59 Å². The van der Waals surface area contributed by atoms with Crippen LogP contribution in [-0.4, -0.2) is 116 Å². The Balaban J connectivity index is 0.843. The molecule has 4 aromatic carbocycles. The first-order valence-electron chi connectivity index (χ1n) is 26.7. The van der Waals surface area contributed by atoms with Gasteiger partial charge in [-0.2, -0.15) is 23.5 Å². The van der Waals surface area contributed by atoms with Crippen molar-refractivity contribution in [2.24, 2.45) is 11.8 Å². The summed E-state index contributed by atoms with van der Waals surface area (Å²) in [5.74, 6) is 3.61. The third-order valence-electron chi connectivity index (χ3n) is 16.9. The monoisotopic (exact) mass is 1040 g/mol. The van der Waals surface area contributed by atoms with E-state index in [1.54, 1.807) is 23.5 Å². The van der Waals surface area contributed by atoms with Crippen LogP contribution >= 0.6 is 23.5 Å². The third-order valence-corrected chi connectivity index (χ3v) is 18.2. The normalized spacial score (nSPS) is 22.9. The molecule has 4 atom stereocenters. The third kappa shape index (κ3) is 9.88. The van der Waals surface area contributed by atoms with Gasteiger partial charge in [0.05, 0.1) is 48.4 Å². The van der Waals surface area contributed by atoms with Gasteiger partial charge in [0.15, 0.2) is 0 Å². The zero-order valence-corrected chi connectivity index (χ0v) is 44.5. The highest BCUT2D eigenvalue weighted by Crippen LogP contribution is 2.49. The van der Waals surface area contributed by atoms with Crippen LogP contribution in [0.15, 0.2) is 72.8 Å². The van der Waals surface area contributed by atoms with E-state index in [9.17, 15) is 19.2 Å². The number of hydrogen-bond donors (Lipinski definition) is 4. The molecule has 16 heteroatoms. The number of thioether (sulfide) groups is 2. The minimum absolute atomic E-state index is 0.0540. The number of aromatic amines is 2. The number of methoxy groups -OCH3 is 2.